The van der Waals surface area contributed by atoms with Crippen molar-refractivity contribution in [2.45, 2.75) is 119 Å². The van der Waals surface area contributed by atoms with Crippen LogP contribution in [0.3, 0.4) is 0 Å². The van der Waals surface area contributed by atoms with Crippen LogP contribution in [0.25, 0.3) is 21.7 Å². The molecule has 0 saturated heterocycles. The molecule has 0 spiro atoms. The fraction of sp³-hybridized carbons (Fsp3) is 0.511. The molecular formula is C45H58N2O12. The van der Waals surface area contributed by atoms with Crippen molar-refractivity contribution >= 4 is 50.8 Å². The molecule has 2 aliphatic rings. The Morgan fingerprint density at radius 1 is 0.932 bits per heavy atom. The highest BCUT2D eigenvalue weighted by molar-refractivity contribution is 6.31. The van der Waals surface area contributed by atoms with Crippen LogP contribution in [0, 0.1) is 37.5 Å². The van der Waals surface area contributed by atoms with Gasteiger partial charge in [0.05, 0.1) is 46.7 Å². The van der Waals surface area contributed by atoms with Crippen LogP contribution in [0.15, 0.2) is 36.1 Å². The number of carbonyl (C=O) groups excluding carboxylic acids is 4. The predicted molar refractivity (Wildman–Crippen MR) is 223 cm³/mol. The van der Waals surface area contributed by atoms with Crippen LogP contribution in [0.1, 0.15) is 101 Å². The number of aromatic hydroxyl groups is 2. The first-order valence-electron chi connectivity index (χ1n) is 20.0. The number of anilines is 1. The predicted octanol–water partition coefficient (Wildman–Crippen LogP) is 6.92. The second-order valence-corrected chi connectivity index (χ2v) is 16.2. The van der Waals surface area contributed by atoms with E-state index in [4.69, 9.17) is 18.9 Å². The van der Waals surface area contributed by atoms with Crippen molar-refractivity contribution in [3.63, 3.8) is 0 Å². The van der Waals surface area contributed by atoms with Crippen LogP contribution in [0.5, 0.6) is 17.2 Å². The smallest absolute Gasteiger partial charge is 0.312 e. The van der Waals surface area contributed by atoms with Gasteiger partial charge in [-0.1, -0.05) is 52.8 Å². The molecule has 1 aromatic heterocycles. The van der Waals surface area contributed by atoms with Crippen molar-refractivity contribution in [1.82, 2.24) is 4.57 Å². The van der Waals surface area contributed by atoms with Gasteiger partial charge in [0.2, 0.25) is 0 Å². The van der Waals surface area contributed by atoms with Gasteiger partial charge in [-0.25, -0.2) is 0 Å². The minimum Gasteiger partial charge on any atom is -0.507 e. The van der Waals surface area contributed by atoms with Gasteiger partial charge in [-0.05, 0) is 40.2 Å². The minimum atomic E-state index is -1.99. The fourth-order valence-electron chi connectivity index (χ4n) is 8.65. The van der Waals surface area contributed by atoms with Gasteiger partial charge in [0, 0.05) is 84.3 Å². The molecule has 0 saturated carbocycles. The van der Waals surface area contributed by atoms with Crippen molar-refractivity contribution in [3.8, 4) is 17.2 Å². The lowest BCUT2D eigenvalue weighted by molar-refractivity contribution is -0.160. The monoisotopic (exact) mass is 818 g/mol. The molecule has 3 heterocycles. The number of Topliss-reactive ketones (excluding diaryl/α,β-unsaturated/α-hetero) is 2. The molecule has 0 fully saturated rings. The third-order valence-electron chi connectivity index (χ3n) is 12.1. The Balaban J connectivity index is 1.82. The van der Waals surface area contributed by atoms with Crippen LogP contribution in [-0.2, 0) is 30.3 Å². The number of nitrogens with one attached hydrogen (secondary N) is 1. The second kappa shape index (κ2) is 17.2. The lowest BCUT2D eigenvalue weighted by Gasteiger charge is -2.38. The number of carbonyl (C=O) groups is 4. The van der Waals surface area contributed by atoms with Crippen LogP contribution >= 0.6 is 0 Å². The van der Waals surface area contributed by atoms with E-state index in [0.717, 1.165) is 0 Å². The van der Waals surface area contributed by atoms with Gasteiger partial charge in [-0.3, -0.25) is 19.2 Å². The number of aryl methyl sites for hydroxylation is 1. The SMILES string of the molecule is CCCn1c(C)c(C(C)=O)c2c3c(O)c4c(O)c(C)c5c(c4c21)C(=O)C(C)(O/C=C/C(OC)C(C)C(OC(C)=O)C(C)C(O)C(C)C(O)C(C)/C=C\C=C(/C)C(=O)N3)O5. The molecule has 2 aliphatic heterocycles. The van der Waals surface area contributed by atoms with E-state index in [1.54, 1.807) is 53.7 Å². The number of hydrogen-bond donors (Lipinski definition) is 5. The summed E-state index contributed by atoms with van der Waals surface area (Å²) in [7, 11) is 1.45. The molecule has 3 aromatic rings. The molecule has 14 nitrogen and oxygen atoms in total. The molecule has 5 rings (SSSR count). The van der Waals surface area contributed by atoms with E-state index in [9.17, 15) is 39.6 Å². The van der Waals surface area contributed by atoms with E-state index in [1.807, 2.05) is 11.5 Å². The Bertz CT molecular complexity index is 2290. The van der Waals surface area contributed by atoms with E-state index in [2.05, 4.69) is 5.32 Å². The van der Waals surface area contributed by atoms with Gasteiger partial charge in [0.15, 0.2) is 11.5 Å². The van der Waals surface area contributed by atoms with Crippen molar-refractivity contribution in [1.29, 1.82) is 0 Å². The number of fused-ring (bicyclic) bond motifs is 1. The summed E-state index contributed by atoms with van der Waals surface area (Å²) in [5, 5.41) is 49.9. The number of amides is 1. The number of methoxy groups -OCH3 is 1. The van der Waals surface area contributed by atoms with E-state index < -0.39 is 83.0 Å². The van der Waals surface area contributed by atoms with Crippen molar-refractivity contribution < 1.29 is 58.6 Å². The first-order chi connectivity index (χ1) is 27.6. The molecule has 0 aliphatic carbocycles. The van der Waals surface area contributed by atoms with E-state index in [-0.39, 0.29) is 55.6 Å². The molecule has 1 amide bonds. The Labute approximate surface area is 344 Å². The quantitative estimate of drug-likeness (QED) is 0.101. The molecule has 5 N–H and O–H groups in total. The molecule has 59 heavy (non-hydrogen) atoms. The molecule has 14 heteroatoms. The number of aliphatic hydroxyl groups excluding tert-OH is 2. The molecule has 320 valence electrons. The highest BCUT2D eigenvalue weighted by Crippen LogP contribution is 2.55. The standard InChI is InChI=1S/C45H58N2O12/c1-13-18-47-26(8)30(27(9)48)32-35-40(53)33-31(36(32)47)34-42(25(7)39(33)52)59-45(11,43(34)54)57-19-17-29(56-12)22(4)41(58-28(10)49)24(6)38(51)23(5)37(50)20(2)15-14-16-21(3)44(55)46-35/h14-17,19-20,22-24,29,37-38,41,50-53H,13,18H2,1-12H3,(H,46,55)/b15-14-,19-17+,21-16+. The summed E-state index contributed by atoms with van der Waals surface area (Å²) in [5.74, 6) is -7.61. The summed E-state index contributed by atoms with van der Waals surface area (Å²) in [5.41, 5.74) is 1.28. The molecule has 0 radical (unpaired) electrons. The summed E-state index contributed by atoms with van der Waals surface area (Å²) in [6.07, 6.45) is 4.34. The number of aliphatic hydroxyl groups is 2. The van der Waals surface area contributed by atoms with Gasteiger partial charge in [-0.2, -0.15) is 0 Å². The topological polar surface area (TPSA) is 203 Å². The number of rotatable bonds is 5. The summed E-state index contributed by atoms with van der Waals surface area (Å²) < 4.78 is 25.8. The zero-order chi connectivity index (χ0) is 44.0. The highest BCUT2D eigenvalue weighted by atomic mass is 16.7. The zero-order valence-corrected chi connectivity index (χ0v) is 35.9. The van der Waals surface area contributed by atoms with Gasteiger partial charge in [0.1, 0.15) is 17.6 Å². The molecular weight excluding hydrogens is 760 g/mol. The number of hydrogen-bond acceptors (Lipinski definition) is 12. The Kier molecular flexibility index (Phi) is 13.1. The van der Waals surface area contributed by atoms with E-state index in [1.165, 1.54) is 53.2 Å². The van der Waals surface area contributed by atoms with Crippen LogP contribution in [-0.4, -0.2) is 85.7 Å². The first kappa shape index (κ1) is 44.9. The van der Waals surface area contributed by atoms with E-state index >= 15 is 0 Å². The maximum Gasteiger partial charge on any atom is 0.312 e. The number of aromatic nitrogens is 1. The highest BCUT2D eigenvalue weighted by Gasteiger charge is 2.50. The van der Waals surface area contributed by atoms with Crippen molar-refractivity contribution in [2.24, 2.45) is 23.7 Å². The maximum atomic E-state index is 14.7. The summed E-state index contributed by atoms with van der Waals surface area (Å²) in [6, 6.07) is 0. The fourth-order valence-corrected chi connectivity index (χ4v) is 8.65. The van der Waals surface area contributed by atoms with Gasteiger partial charge in [0.25, 0.3) is 11.7 Å². The molecule has 4 bridgehead atoms. The van der Waals surface area contributed by atoms with Gasteiger partial charge < -0.3 is 49.3 Å². The molecule has 2 aromatic carbocycles. The van der Waals surface area contributed by atoms with Crippen LogP contribution in [0.2, 0.25) is 0 Å². The second-order valence-electron chi connectivity index (χ2n) is 16.2. The van der Waals surface area contributed by atoms with Crippen LogP contribution < -0.4 is 10.1 Å². The van der Waals surface area contributed by atoms with Gasteiger partial charge >= 0.3 is 11.8 Å². The third-order valence-corrected chi connectivity index (χ3v) is 12.1. The Morgan fingerprint density at radius 2 is 1.59 bits per heavy atom. The largest absolute Gasteiger partial charge is 0.507 e. The number of phenols is 2. The number of phenolic OH excluding ortho intramolecular Hbond substituents is 2. The molecule has 9 unspecified atom stereocenters. The lowest BCUT2D eigenvalue weighted by atomic mass is 9.78. The number of benzene rings is 2. The number of ketones is 2. The number of nitrogens with zero attached hydrogens (tertiary/aromatic N) is 1. The minimum absolute atomic E-state index is 0.00447. The Hall–Kier alpha value is -5.18. The van der Waals surface area contributed by atoms with Crippen molar-refractivity contribution in [2.75, 3.05) is 12.4 Å². The summed E-state index contributed by atoms with van der Waals surface area (Å²) in [6.45, 7) is 18.2. The van der Waals surface area contributed by atoms with E-state index in [0.29, 0.717) is 24.2 Å². The lowest BCUT2D eigenvalue weighted by Crippen LogP contribution is -2.46. The van der Waals surface area contributed by atoms with Gasteiger partial charge in [-0.15, -0.1) is 0 Å². The average molecular weight is 819 g/mol. The average Bonchev–Trinajstić information content (AvgIpc) is 3.62. The number of esters is 1. The zero-order valence-electron chi connectivity index (χ0n) is 35.9. The summed E-state index contributed by atoms with van der Waals surface area (Å²) in [4.78, 5) is 54.5. The van der Waals surface area contributed by atoms with Crippen molar-refractivity contribution in [3.05, 3.63) is 58.5 Å². The molecule has 9 atom stereocenters. The number of ether oxygens (including phenoxy) is 4. The third kappa shape index (κ3) is 7.85. The summed E-state index contributed by atoms with van der Waals surface area (Å²) >= 11 is 0. The normalized spacial score (nSPS) is 30.1. The number of allylic oxidation sites excluding steroid dienone is 2. The van der Waals surface area contributed by atoms with Crippen LogP contribution in [0.4, 0.5) is 5.69 Å². The maximum absolute atomic E-state index is 14.7. The first-order valence-corrected chi connectivity index (χ1v) is 20.0. The Morgan fingerprint density at radius 3 is 2.19 bits per heavy atom.